The first-order valence-corrected chi connectivity index (χ1v) is 11.7. The Kier molecular flexibility index (Phi) is 7.07. The van der Waals surface area contributed by atoms with Crippen LogP contribution in [0.2, 0.25) is 0 Å². The topological polar surface area (TPSA) is 108 Å². The molecule has 2 N–H and O–H groups in total. The lowest BCUT2D eigenvalue weighted by Crippen LogP contribution is -2.41. The number of carbonyl (C=O) groups excluding carboxylic acids is 2. The van der Waals surface area contributed by atoms with Crippen molar-refractivity contribution in [2.75, 3.05) is 23.7 Å². The molecule has 166 valence electrons. The van der Waals surface area contributed by atoms with Gasteiger partial charge in [0.2, 0.25) is 21.8 Å². The first-order valence-electron chi connectivity index (χ1n) is 10.3. The number of aromatic nitrogens is 1. The van der Waals surface area contributed by atoms with E-state index >= 15 is 0 Å². The third-order valence-electron chi connectivity index (χ3n) is 5.38. The molecule has 1 saturated heterocycles. The highest BCUT2D eigenvalue weighted by atomic mass is 32.2. The van der Waals surface area contributed by atoms with Gasteiger partial charge in [0, 0.05) is 48.7 Å². The van der Waals surface area contributed by atoms with Crippen LogP contribution in [0.1, 0.15) is 32.3 Å². The first kappa shape index (κ1) is 22.9. The molecule has 0 spiro atoms. The van der Waals surface area contributed by atoms with Crippen LogP contribution in [0.5, 0.6) is 0 Å². The van der Waals surface area contributed by atoms with Gasteiger partial charge in [0.1, 0.15) is 4.90 Å². The standard InChI is InChI=1S/C22H28N4O4S/c1-15(2)21(27)24-18-7-6-16(3)20(13-18)25-22(28)17-8-11-26(12-9-17)31(29,30)19-5-4-10-23-14-19/h4-7,10,13-15,17H,8-9,11-12H2,1-3H3,(H,24,27)(H,25,28). The number of hydrogen-bond acceptors (Lipinski definition) is 5. The Balaban J connectivity index is 1.62. The number of hydrogen-bond donors (Lipinski definition) is 2. The molecule has 0 saturated carbocycles. The summed E-state index contributed by atoms with van der Waals surface area (Å²) in [6.07, 6.45) is 3.74. The zero-order chi connectivity index (χ0) is 22.6. The lowest BCUT2D eigenvalue weighted by molar-refractivity contribution is -0.121. The van der Waals surface area contributed by atoms with Gasteiger partial charge in [-0.3, -0.25) is 14.6 Å². The van der Waals surface area contributed by atoms with Crippen molar-refractivity contribution >= 4 is 33.2 Å². The van der Waals surface area contributed by atoms with Crippen LogP contribution in [0.4, 0.5) is 11.4 Å². The van der Waals surface area contributed by atoms with Gasteiger partial charge in [0.05, 0.1) is 0 Å². The minimum Gasteiger partial charge on any atom is -0.326 e. The molecule has 0 atom stereocenters. The fraction of sp³-hybridized carbons (Fsp3) is 0.409. The quantitative estimate of drug-likeness (QED) is 0.712. The van der Waals surface area contributed by atoms with Crippen LogP contribution >= 0.6 is 0 Å². The Labute approximate surface area is 183 Å². The van der Waals surface area contributed by atoms with E-state index in [2.05, 4.69) is 15.6 Å². The van der Waals surface area contributed by atoms with Crippen LogP contribution in [-0.4, -0.2) is 42.6 Å². The average molecular weight is 445 g/mol. The van der Waals surface area contributed by atoms with E-state index in [9.17, 15) is 18.0 Å². The second-order valence-corrected chi connectivity index (χ2v) is 9.97. The zero-order valence-electron chi connectivity index (χ0n) is 18.0. The number of benzene rings is 1. The normalized spacial score (nSPS) is 15.6. The van der Waals surface area contributed by atoms with Crippen LogP contribution in [0, 0.1) is 18.8 Å². The molecule has 1 aromatic carbocycles. The molecule has 1 aromatic heterocycles. The Bertz CT molecular complexity index is 1050. The van der Waals surface area contributed by atoms with Crippen molar-refractivity contribution in [1.29, 1.82) is 0 Å². The number of amides is 2. The van der Waals surface area contributed by atoms with Gasteiger partial charge in [0.25, 0.3) is 0 Å². The van der Waals surface area contributed by atoms with E-state index in [1.807, 2.05) is 26.8 Å². The number of rotatable bonds is 6. The lowest BCUT2D eigenvalue weighted by Gasteiger charge is -2.30. The van der Waals surface area contributed by atoms with Crippen LogP contribution < -0.4 is 10.6 Å². The van der Waals surface area contributed by atoms with Gasteiger partial charge >= 0.3 is 0 Å². The number of nitrogens with zero attached hydrogens (tertiary/aromatic N) is 2. The molecule has 1 aliphatic heterocycles. The third-order valence-corrected chi connectivity index (χ3v) is 7.27. The minimum absolute atomic E-state index is 0.0941. The van der Waals surface area contributed by atoms with E-state index in [4.69, 9.17) is 0 Å². The van der Waals surface area contributed by atoms with Gasteiger partial charge in [-0.2, -0.15) is 4.31 Å². The molecular weight excluding hydrogens is 416 g/mol. The van der Waals surface area contributed by atoms with Crippen LogP contribution in [-0.2, 0) is 19.6 Å². The molecule has 9 heteroatoms. The fourth-order valence-electron chi connectivity index (χ4n) is 3.36. The van der Waals surface area contributed by atoms with Gasteiger partial charge in [-0.25, -0.2) is 8.42 Å². The molecule has 1 fully saturated rings. The van der Waals surface area contributed by atoms with E-state index in [0.29, 0.717) is 24.2 Å². The Morgan fingerprint density at radius 1 is 1.13 bits per heavy atom. The second-order valence-electron chi connectivity index (χ2n) is 8.03. The monoisotopic (exact) mass is 444 g/mol. The summed E-state index contributed by atoms with van der Waals surface area (Å²) in [5, 5.41) is 5.77. The fourth-order valence-corrected chi connectivity index (χ4v) is 4.80. The van der Waals surface area contributed by atoms with Gasteiger partial charge in [-0.15, -0.1) is 0 Å². The lowest BCUT2D eigenvalue weighted by atomic mass is 9.97. The number of pyridine rings is 1. The predicted octanol–water partition coefficient (Wildman–Crippen LogP) is 3.02. The van der Waals surface area contributed by atoms with E-state index in [-0.39, 0.29) is 41.6 Å². The molecule has 31 heavy (non-hydrogen) atoms. The molecule has 2 heterocycles. The number of sulfonamides is 1. The molecule has 2 aromatic rings. The Morgan fingerprint density at radius 2 is 1.84 bits per heavy atom. The molecule has 2 amide bonds. The predicted molar refractivity (Wildman–Crippen MR) is 119 cm³/mol. The van der Waals surface area contributed by atoms with Crippen molar-refractivity contribution in [2.45, 2.75) is 38.5 Å². The van der Waals surface area contributed by atoms with Crippen molar-refractivity contribution < 1.29 is 18.0 Å². The summed E-state index contributed by atoms with van der Waals surface area (Å²) in [6, 6.07) is 8.50. The number of piperidine rings is 1. The molecular formula is C22H28N4O4S. The summed E-state index contributed by atoms with van der Waals surface area (Å²) < 4.78 is 26.9. The first-order chi connectivity index (χ1) is 14.7. The van der Waals surface area contributed by atoms with Gasteiger partial charge in [-0.05, 0) is 49.6 Å². The SMILES string of the molecule is Cc1ccc(NC(=O)C(C)C)cc1NC(=O)C1CCN(S(=O)(=O)c2cccnc2)CC1. The summed E-state index contributed by atoms with van der Waals surface area (Å²) in [5.41, 5.74) is 2.14. The van der Waals surface area contributed by atoms with Crippen molar-refractivity contribution in [3.05, 3.63) is 48.3 Å². The third kappa shape index (κ3) is 5.48. The summed E-state index contributed by atoms with van der Waals surface area (Å²) in [4.78, 5) is 28.8. The van der Waals surface area contributed by atoms with E-state index in [1.165, 1.54) is 22.8 Å². The number of aryl methyl sites for hydroxylation is 1. The second kappa shape index (κ2) is 9.57. The maximum absolute atomic E-state index is 12.8. The summed E-state index contributed by atoms with van der Waals surface area (Å²) in [5.74, 6) is -0.668. The zero-order valence-corrected chi connectivity index (χ0v) is 18.8. The number of nitrogens with one attached hydrogen (secondary N) is 2. The van der Waals surface area contributed by atoms with Crippen molar-refractivity contribution in [1.82, 2.24) is 9.29 Å². The molecule has 1 aliphatic rings. The smallest absolute Gasteiger partial charge is 0.244 e. The molecule has 0 bridgehead atoms. The maximum atomic E-state index is 12.8. The number of carbonyl (C=O) groups is 2. The average Bonchev–Trinajstić information content (AvgIpc) is 2.76. The molecule has 3 rings (SSSR count). The summed E-state index contributed by atoms with van der Waals surface area (Å²) in [6.45, 7) is 6.06. The maximum Gasteiger partial charge on any atom is 0.244 e. The van der Waals surface area contributed by atoms with Crippen LogP contribution in [0.25, 0.3) is 0 Å². The largest absolute Gasteiger partial charge is 0.326 e. The molecule has 0 unspecified atom stereocenters. The highest BCUT2D eigenvalue weighted by Gasteiger charge is 2.32. The molecule has 8 nitrogen and oxygen atoms in total. The molecule has 0 aliphatic carbocycles. The highest BCUT2D eigenvalue weighted by molar-refractivity contribution is 7.89. The number of anilines is 2. The van der Waals surface area contributed by atoms with Crippen molar-refractivity contribution in [3.63, 3.8) is 0 Å². The Morgan fingerprint density at radius 3 is 2.45 bits per heavy atom. The van der Waals surface area contributed by atoms with Crippen LogP contribution in [0.3, 0.4) is 0 Å². The summed E-state index contributed by atoms with van der Waals surface area (Å²) >= 11 is 0. The van der Waals surface area contributed by atoms with E-state index in [0.717, 1.165) is 5.56 Å². The van der Waals surface area contributed by atoms with Crippen LogP contribution in [0.15, 0.2) is 47.6 Å². The van der Waals surface area contributed by atoms with E-state index < -0.39 is 10.0 Å². The van der Waals surface area contributed by atoms with Crippen molar-refractivity contribution in [3.8, 4) is 0 Å². The Hall–Kier alpha value is -2.78. The van der Waals surface area contributed by atoms with E-state index in [1.54, 1.807) is 18.2 Å². The van der Waals surface area contributed by atoms with Crippen molar-refractivity contribution in [2.24, 2.45) is 11.8 Å². The van der Waals surface area contributed by atoms with Gasteiger partial charge in [0.15, 0.2) is 0 Å². The minimum atomic E-state index is -3.60. The summed E-state index contributed by atoms with van der Waals surface area (Å²) in [7, 11) is -3.60. The van der Waals surface area contributed by atoms with Gasteiger partial charge in [-0.1, -0.05) is 19.9 Å². The van der Waals surface area contributed by atoms with Gasteiger partial charge < -0.3 is 10.6 Å². The highest BCUT2D eigenvalue weighted by Crippen LogP contribution is 2.26. The molecule has 0 radical (unpaired) electrons.